The molecule has 0 aliphatic rings. The van der Waals surface area contributed by atoms with Crippen LogP contribution in [0.4, 0.5) is 0 Å². The van der Waals surface area contributed by atoms with Crippen molar-refractivity contribution in [1.82, 2.24) is 0 Å². The highest BCUT2D eigenvalue weighted by atomic mass is 16.3. The van der Waals surface area contributed by atoms with Crippen LogP contribution in [0.3, 0.4) is 0 Å². The van der Waals surface area contributed by atoms with Crippen LogP contribution < -0.4 is 0 Å². The van der Waals surface area contributed by atoms with Crippen molar-refractivity contribution < 1.29 is 13.3 Å². The monoisotopic (exact) mass is 1790 g/mol. The van der Waals surface area contributed by atoms with E-state index < -0.39 is 0 Å². The van der Waals surface area contributed by atoms with Crippen molar-refractivity contribution in [3.63, 3.8) is 0 Å². The van der Waals surface area contributed by atoms with Crippen LogP contribution in [0.1, 0.15) is 0 Å². The largest absolute Gasteiger partial charge is 0.456 e. The molecule has 28 rings (SSSR count). The molecule has 0 saturated heterocycles. The first kappa shape index (κ1) is 83.1. The van der Waals surface area contributed by atoms with Crippen LogP contribution in [0.15, 0.2) is 547 Å². The Labute approximate surface area is 816 Å². The Morgan fingerprint density at radius 3 is 0.780 bits per heavy atom. The van der Waals surface area contributed by atoms with Gasteiger partial charge >= 0.3 is 0 Å². The quantitative estimate of drug-likeness (QED) is 0.108. The number of fused-ring (bicyclic) bond motifs is 15. The molecule has 3 heteroatoms. The number of hydrogen-bond donors (Lipinski definition) is 0. The summed E-state index contributed by atoms with van der Waals surface area (Å²) >= 11 is 0. The summed E-state index contributed by atoms with van der Waals surface area (Å²) in [4.78, 5) is 0. The van der Waals surface area contributed by atoms with Gasteiger partial charge in [0.1, 0.15) is 33.5 Å². The topological polar surface area (TPSA) is 39.4 Å². The van der Waals surface area contributed by atoms with Crippen molar-refractivity contribution in [3.8, 4) is 145 Å². The van der Waals surface area contributed by atoms with Crippen LogP contribution in [0.2, 0.25) is 0 Å². The first-order valence-electron chi connectivity index (χ1n) is 48.4. The van der Waals surface area contributed by atoms with Crippen LogP contribution in [0, 0.1) is 0 Å². The third-order valence-electron chi connectivity index (χ3n) is 28.4. The molecular weight excluding hydrogens is 1710 g/mol. The molecule has 0 atom stereocenters. The normalized spacial score (nSPS) is 11.5. The van der Waals surface area contributed by atoms with Gasteiger partial charge in [-0.15, -0.1) is 0 Å². The summed E-state index contributed by atoms with van der Waals surface area (Å²) in [5, 5.41) is 21.7. The summed E-state index contributed by atoms with van der Waals surface area (Å²) in [5.74, 6) is 0. The third-order valence-corrected chi connectivity index (χ3v) is 28.4. The van der Waals surface area contributed by atoms with Crippen molar-refractivity contribution in [2.45, 2.75) is 0 Å². The molecule has 0 unspecified atom stereocenters. The van der Waals surface area contributed by atoms with Gasteiger partial charge in [0.2, 0.25) is 0 Å². The SMILES string of the molecule is c1ccc(-c2ccc3c(c2)oc2cccc(-c4c5ccccc5c(-c5c(-c6ccccc6)cccc5-c5ccccc5)c5ccccc45)c23)cc1.c1ccc(-c2cccc(-c3ccc4oc5ccc(-c6c7ccccc7c(-c7ccccc7)c7ccccc67)cc5c4c3)c2)cc1.c1ccc(-c2ccccc2-c2ccc3c(c2)oc2ccc(-c4c5ccccc5c(-c5ccccc5)c5ccccc45)cc23)cc1. The maximum atomic E-state index is 6.62. The maximum Gasteiger partial charge on any atom is 0.136 e. The first-order valence-corrected chi connectivity index (χ1v) is 48.4. The summed E-state index contributed by atoms with van der Waals surface area (Å²) in [7, 11) is 0. The number of benzene rings is 25. The van der Waals surface area contributed by atoms with E-state index in [9.17, 15) is 0 Å². The smallest absolute Gasteiger partial charge is 0.136 e. The lowest BCUT2D eigenvalue weighted by Gasteiger charge is -2.22. The highest BCUT2D eigenvalue weighted by Gasteiger charge is 2.27. The molecule has 25 aromatic carbocycles. The molecule has 0 bridgehead atoms. The lowest BCUT2D eigenvalue weighted by Crippen LogP contribution is -1.95. The van der Waals surface area contributed by atoms with E-state index in [1.54, 1.807) is 0 Å². The summed E-state index contributed by atoms with van der Waals surface area (Å²) in [6, 6.07) is 192. The van der Waals surface area contributed by atoms with Gasteiger partial charge in [-0.1, -0.05) is 461 Å². The lowest BCUT2D eigenvalue weighted by molar-refractivity contribution is 0.668. The van der Waals surface area contributed by atoms with E-state index in [1.165, 1.54) is 198 Å². The number of rotatable bonds is 13. The average Bonchev–Trinajstić information content (AvgIpc) is 1.70. The van der Waals surface area contributed by atoms with Crippen LogP contribution in [0.25, 0.3) is 275 Å². The van der Waals surface area contributed by atoms with Gasteiger partial charge in [0, 0.05) is 32.3 Å². The van der Waals surface area contributed by atoms with Crippen LogP contribution in [-0.2, 0) is 0 Å². The fourth-order valence-corrected chi connectivity index (χ4v) is 22.1. The van der Waals surface area contributed by atoms with Crippen molar-refractivity contribution in [3.05, 3.63) is 534 Å². The Morgan fingerprint density at radius 2 is 0.340 bits per heavy atom. The minimum Gasteiger partial charge on any atom is -0.456 e. The molecule has 0 amide bonds. The van der Waals surface area contributed by atoms with Gasteiger partial charge in [-0.2, -0.15) is 0 Å². The zero-order valence-electron chi connectivity index (χ0n) is 77.0. The second kappa shape index (κ2) is 35.6. The van der Waals surface area contributed by atoms with Gasteiger partial charge in [-0.05, 0) is 282 Å². The van der Waals surface area contributed by atoms with E-state index in [2.05, 4.69) is 534 Å². The maximum absolute atomic E-state index is 6.62. The molecule has 3 heterocycles. The van der Waals surface area contributed by atoms with Gasteiger partial charge in [0.25, 0.3) is 0 Å². The molecule has 0 radical (unpaired) electrons. The van der Waals surface area contributed by atoms with Gasteiger partial charge in [0.05, 0.1) is 0 Å². The van der Waals surface area contributed by atoms with Gasteiger partial charge in [0.15, 0.2) is 0 Å². The molecule has 0 aliphatic heterocycles. The van der Waals surface area contributed by atoms with Crippen LogP contribution in [-0.4, -0.2) is 0 Å². The molecule has 28 aromatic rings. The van der Waals surface area contributed by atoms with Crippen LogP contribution in [0.5, 0.6) is 0 Å². The zero-order chi connectivity index (χ0) is 93.2. The highest BCUT2D eigenvalue weighted by molar-refractivity contribution is 6.29. The Balaban J connectivity index is 0.000000109. The molecule has 0 spiro atoms. The van der Waals surface area contributed by atoms with Crippen molar-refractivity contribution in [1.29, 1.82) is 0 Å². The van der Waals surface area contributed by atoms with Crippen molar-refractivity contribution in [2.24, 2.45) is 0 Å². The molecule has 0 saturated carbocycles. The number of furan rings is 3. The van der Waals surface area contributed by atoms with E-state index in [0.29, 0.717) is 0 Å². The Kier molecular flexibility index (Phi) is 21.0. The summed E-state index contributed by atoms with van der Waals surface area (Å²) in [6.07, 6.45) is 0. The van der Waals surface area contributed by atoms with Gasteiger partial charge in [-0.25, -0.2) is 0 Å². The molecule has 0 fully saturated rings. The van der Waals surface area contributed by atoms with E-state index in [-0.39, 0.29) is 0 Å². The number of hydrogen-bond acceptors (Lipinski definition) is 3. The van der Waals surface area contributed by atoms with Gasteiger partial charge < -0.3 is 13.3 Å². The molecule has 3 nitrogen and oxygen atoms in total. The predicted octanol–water partition coefficient (Wildman–Crippen LogP) is 39.3. The summed E-state index contributed by atoms with van der Waals surface area (Å²) in [6.45, 7) is 0. The van der Waals surface area contributed by atoms with E-state index >= 15 is 0 Å². The molecule has 658 valence electrons. The Morgan fingerprint density at radius 1 is 0.0922 bits per heavy atom. The van der Waals surface area contributed by atoms with E-state index in [4.69, 9.17) is 13.3 Å². The fraction of sp³-hybridized carbons (Fsp3) is 0. The molecule has 0 aliphatic carbocycles. The van der Waals surface area contributed by atoms with E-state index in [1.807, 2.05) is 0 Å². The first-order chi connectivity index (χ1) is 70.0. The Hall–Kier alpha value is -18.5. The second-order valence-electron chi connectivity index (χ2n) is 36.5. The predicted molar refractivity (Wildman–Crippen MR) is 597 cm³/mol. The zero-order valence-corrected chi connectivity index (χ0v) is 77.0. The molecular formula is C138H88O3. The highest BCUT2D eigenvalue weighted by Crippen LogP contribution is 2.54. The summed E-state index contributed by atoms with van der Waals surface area (Å²) in [5.41, 5.74) is 36.9. The fourth-order valence-electron chi connectivity index (χ4n) is 22.1. The lowest BCUT2D eigenvalue weighted by atomic mass is 9.80. The third kappa shape index (κ3) is 14.9. The van der Waals surface area contributed by atoms with Crippen LogP contribution >= 0.6 is 0 Å². The van der Waals surface area contributed by atoms with Gasteiger partial charge in [-0.3, -0.25) is 0 Å². The van der Waals surface area contributed by atoms with Crippen molar-refractivity contribution >= 4 is 130 Å². The Bertz CT molecular complexity index is 9470. The minimum absolute atomic E-state index is 0.894. The van der Waals surface area contributed by atoms with E-state index in [0.717, 1.165) is 76.9 Å². The molecule has 0 N–H and O–H groups in total. The molecule has 141 heavy (non-hydrogen) atoms. The minimum atomic E-state index is 0.894. The van der Waals surface area contributed by atoms with Crippen molar-refractivity contribution in [2.75, 3.05) is 0 Å². The summed E-state index contributed by atoms with van der Waals surface area (Å²) < 4.78 is 19.5. The molecule has 3 aromatic heterocycles. The average molecular weight is 1790 g/mol. The second-order valence-corrected chi connectivity index (χ2v) is 36.5. The standard InChI is InChI=1S/C50H32O.2C44H28O/c1-4-16-33(17-5-1)36-30-31-43-46(32-36)51-45-29-15-28-44(48(43)45)47-39-22-10-12-24-41(39)50(42-25-13-11-23-40(42)47)49-37(34-18-6-2-7-19-34)26-14-27-38(49)35-20-8-3-9-21-35;1-3-12-29(13-4-1)31-16-11-17-32(26-31)33-22-24-41-39(27-33)40-28-34(23-25-42(40)45-41)44-37-20-9-7-18-35(37)43(30-14-5-2-6-15-30)36-19-8-10-21-38(36)44;1-3-13-29(14-4-1)33-17-7-8-18-34(33)31-23-25-35-40-27-32(24-26-41(40)45-42(35)28-31)44-38-21-11-9-19-36(38)43(30-15-5-2-6-16-30)37-20-10-12-22-39(37)44/h1-32H;2*1-28H.